The monoisotopic (exact) mass is 251 g/mol. The van der Waals surface area contributed by atoms with Crippen LogP contribution in [0.4, 0.5) is 0 Å². The first-order chi connectivity index (χ1) is 8.37. The Labute approximate surface area is 108 Å². The number of ether oxygens (including phenoxy) is 1. The standard InChI is InChI=1S/C14H21NO3/c1-10(11-6-12(16)8-13(17)7-11)15-4-5-18-14(2,3)9-15/h6-8,10,16-17H,4-5,9H2,1-3H3. The fourth-order valence-corrected chi connectivity index (χ4v) is 2.45. The van der Waals surface area contributed by atoms with E-state index in [0.717, 1.165) is 18.7 Å². The summed E-state index contributed by atoms with van der Waals surface area (Å²) in [6.07, 6.45) is 0. The van der Waals surface area contributed by atoms with Gasteiger partial charge in [-0.15, -0.1) is 0 Å². The van der Waals surface area contributed by atoms with Gasteiger partial charge in [0.1, 0.15) is 11.5 Å². The topological polar surface area (TPSA) is 52.9 Å². The fraction of sp³-hybridized carbons (Fsp3) is 0.571. The zero-order valence-corrected chi connectivity index (χ0v) is 11.2. The Hall–Kier alpha value is -1.26. The summed E-state index contributed by atoms with van der Waals surface area (Å²) in [4.78, 5) is 2.30. The summed E-state index contributed by atoms with van der Waals surface area (Å²) in [7, 11) is 0. The van der Waals surface area contributed by atoms with Crippen LogP contribution in [0, 0.1) is 0 Å². The van der Waals surface area contributed by atoms with Crippen LogP contribution in [0.25, 0.3) is 0 Å². The van der Waals surface area contributed by atoms with Gasteiger partial charge in [0.25, 0.3) is 0 Å². The van der Waals surface area contributed by atoms with Crippen molar-refractivity contribution in [2.24, 2.45) is 0 Å². The molecule has 0 saturated carbocycles. The highest BCUT2D eigenvalue weighted by Crippen LogP contribution is 2.30. The molecule has 18 heavy (non-hydrogen) atoms. The van der Waals surface area contributed by atoms with Crippen LogP contribution in [0.15, 0.2) is 18.2 Å². The summed E-state index contributed by atoms with van der Waals surface area (Å²) >= 11 is 0. The molecule has 1 fully saturated rings. The van der Waals surface area contributed by atoms with E-state index in [-0.39, 0.29) is 23.1 Å². The molecule has 1 heterocycles. The van der Waals surface area contributed by atoms with Gasteiger partial charge in [-0.05, 0) is 38.5 Å². The van der Waals surface area contributed by atoms with Gasteiger partial charge in [-0.25, -0.2) is 0 Å². The highest BCUT2D eigenvalue weighted by Gasteiger charge is 2.30. The molecule has 4 nitrogen and oxygen atoms in total. The van der Waals surface area contributed by atoms with E-state index in [1.165, 1.54) is 6.07 Å². The van der Waals surface area contributed by atoms with Crippen LogP contribution in [0.2, 0.25) is 0 Å². The smallest absolute Gasteiger partial charge is 0.119 e. The molecule has 0 aliphatic carbocycles. The minimum Gasteiger partial charge on any atom is -0.508 e. The average Bonchev–Trinajstić information content (AvgIpc) is 2.25. The third-order valence-corrected chi connectivity index (χ3v) is 3.41. The number of rotatable bonds is 2. The summed E-state index contributed by atoms with van der Waals surface area (Å²) in [6.45, 7) is 8.64. The lowest BCUT2D eigenvalue weighted by Crippen LogP contribution is -2.48. The summed E-state index contributed by atoms with van der Waals surface area (Å²) in [5.74, 6) is 0.203. The average molecular weight is 251 g/mol. The predicted molar refractivity (Wildman–Crippen MR) is 69.8 cm³/mol. The second kappa shape index (κ2) is 4.78. The lowest BCUT2D eigenvalue weighted by atomic mass is 10.0. The van der Waals surface area contributed by atoms with E-state index in [4.69, 9.17) is 4.74 Å². The van der Waals surface area contributed by atoms with E-state index >= 15 is 0 Å². The number of benzene rings is 1. The van der Waals surface area contributed by atoms with Crippen LogP contribution < -0.4 is 0 Å². The SMILES string of the molecule is CC(c1cc(O)cc(O)c1)N1CCOC(C)(C)C1. The van der Waals surface area contributed by atoms with Crippen molar-refractivity contribution in [1.82, 2.24) is 4.90 Å². The minimum absolute atomic E-state index is 0.101. The van der Waals surface area contributed by atoms with Gasteiger partial charge >= 0.3 is 0 Å². The number of phenolic OH excluding ortho intramolecular Hbond substituents is 2. The van der Waals surface area contributed by atoms with E-state index < -0.39 is 0 Å². The van der Waals surface area contributed by atoms with E-state index in [2.05, 4.69) is 25.7 Å². The molecule has 0 spiro atoms. The molecule has 0 aromatic heterocycles. The first-order valence-corrected chi connectivity index (χ1v) is 6.28. The van der Waals surface area contributed by atoms with Crippen molar-refractivity contribution in [3.63, 3.8) is 0 Å². The number of hydrogen-bond acceptors (Lipinski definition) is 4. The first kappa shape index (κ1) is 13.2. The van der Waals surface area contributed by atoms with E-state index in [9.17, 15) is 10.2 Å². The highest BCUT2D eigenvalue weighted by atomic mass is 16.5. The number of phenols is 2. The molecule has 0 radical (unpaired) electrons. The van der Waals surface area contributed by atoms with Gasteiger partial charge in [0.15, 0.2) is 0 Å². The Balaban J connectivity index is 2.17. The van der Waals surface area contributed by atoms with E-state index in [1.807, 2.05) is 0 Å². The normalized spacial score (nSPS) is 21.7. The molecule has 1 unspecified atom stereocenters. The molecule has 0 bridgehead atoms. The van der Waals surface area contributed by atoms with Crippen LogP contribution in [-0.2, 0) is 4.74 Å². The molecule has 1 saturated heterocycles. The molecule has 4 heteroatoms. The molecular formula is C14H21NO3. The quantitative estimate of drug-likeness (QED) is 0.846. The van der Waals surface area contributed by atoms with Gasteiger partial charge in [-0.1, -0.05) is 0 Å². The first-order valence-electron chi connectivity index (χ1n) is 6.28. The Morgan fingerprint density at radius 3 is 2.39 bits per heavy atom. The second-order valence-electron chi connectivity index (χ2n) is 5.54. The lowest BCUT2D eigenvalue weighted by molar-refractivity contribution is -0.0959. The van der Waals surface area contributed by atoms with Crippen molar-refractivity contribution in [1.29, 1.82) is 0 Å². The number of nitrogens with zero attached hydrogens (tertiary/aromatic N) is 1. The Kier molecular flexibility index (Phi) is 3.50. The number of morpholine rings is 1. The molecule has 0 amide bonds. The largest absolute Gasteiger partial charge is 0.508 e. The molecule has 1 atom stereocenters. The molecule has 1 aliphatic rings. The minimum atomic E-state index is -0.147. The summed E-state index contributed by atoms with van der Waals surface area (Å²) in [6, 6.07) is 4.89. The van der Waals surface area contributed by atoms with Gasteiger partial charge < -0.3 is 14.9 Å². The maximum atomic E-state index is 9.54. The fourth-order valence-electron chi connectivity index (χ4n) is 2.45. The predicted octanol–water partition coefficient (Wildman–Crippen LogP) is 2.27. The molecule has 1 aromatic carbocycles. The Morgan fingerprint density at radius 2 is 1.83 bits per heavy atom. The lowest BCUT2D eigenvalue weighted by Gasteiger charge is -2.41. The zero-order valence-electron chi connectivity index (χ0n) is 11.2. The Bertz CT molecular complexity index is 411. The number of aromatic hydroxyl groups is 2. The van der Waals surface area contributed by atoms with Crippen molar-refractivity contribution in [2.45, 2.75) is 32.4 Å². The van der Waals surface area contributed by atoms with Crippen molar-refractivity contribution >= 4 is 0 Å². The summed E-state index contributed by atoms with van der Waals surface area (Å²) in [5, 5.41) is 19.1. The molecule has 1 aliphatic heterocycles. The molecule has 100 valence electrons. The van der Waals surface area contributed by atoms with Crippen molar-refractivity contribution in [3.05, 3.63) is 23.8 Å². The van der Waals surface area contributed by atoms with Crippen molar-refractivity contribution in [2.75, 3.05) is 19.7 Å². The molecule has 2 N–H and O–H groups in total. The third kappa shape index (κ3) is 2.94. The van der Waals surface area contributed by atoms with Gasteiger partial charge in [-0.2, -0.15) is 0 Å². The summed E-state index contributed by atoms with van der Waals surface area (Å²) in [5.41, 5.74) is 0.774. The molecule has 2 rings (SSSR count). The van der Waals surface area contributed by atoms with E-state index in [1.54, 1.807) is 12.1 Å². The number of hydrogen-bond donors (Lipinski definition) is 2. The second-order valence-corrected chi connectivity index (χ2v) is 5.54. The van der Waals surface area contributed by atoms with Gasteiger partial charge in [0, 0.05) is 25.2 Å². The third-order valence-electron chi connectivity index (χ3n) is 3.41. The van der Waals surface area contributed by atoms with Crippen molar-refractivity contribution in [3.8, 4) is 11.5 Å². The van der Waals surface area contributed by atoms with Crippen LogP contribution in [-0.4, -0.2) is 40.4 Å². The van der Waals surface area contributed by atoms with Crippen LogP contribution in [0.1, 0.15) is 32.4 Å². The molecule has 1 aromatic rings. The molecular weight excluding hydrogens is 230 g/mol. The highest BCUT2D eigenvalue weighted by molar-refractivity contribution is 5.38. The Morgan fingerprint density at radius 1 is 1.22 bits per heavy atom. The summed E-state index contributed by atoms with van der Waals surface area (Å²) < 4.78 is 5.69. The van der Waals surface area contributed by atoms with Gasteiger partial charge in [-0.3, -0.25) is 4.90 Å². The van der Waals surface area contributed by atoms with Crippen LogP contribution >= 0.6 is 0 Å². The van der Waals surface area contributed by atoms with Gasteiger partial charge in [0.2, 0.25) is 0 Å². The van der Waals surface area contributed by atoms with Crippen LogP contribution in [0.3, 0.4) is 0 Å². The maximum Gasteiger partial charge on any atom is 0.119 e. The van der Waals surface area contributed by atoms with Crippen molar-refractivity contribution < 1.29 is 14.9 Å². The maximum absolute atomic E-state index is 9.54. The zero-order chi connectivity index (χ0) is 13.3. The van der Waals surface area contributed by atoms with Gasteiger partial charge in [0.05, 0.1) is 12.2 Å². The van der Waals surface area contributed by atoms with Crippen LogP contribution in [0.5, 0.6) is 11.5 Å². The van der Waals surface area contributed by atoms with E-state index in [0.29, 0.717) is 6.61 Å².